The lowest BCUT2D eigenvalue weighted by atomic mass is 10.2. The lowest BCUT2D eigenvalue weighted by molar-refractivity contribution is 1.47. The van der Waals surface area contributed by atoms with E-state index in [2.05, 4.69) is 22.1 Å². The highest BCUT2D eigenvalue weighted by molar-refractivity contribution is 7.74. The van der Waals surface area contributed by atoms with Crippen molar-refractivity contribution >= 4 is 99.1 Å². The molecule has 0 aliphatic carbocycles. The molecule has 0 aliphatic rings. The van der Waals surface area contributed by atoms with E-state index in [0.717, 1.165) is 39.1 Å². The normalized spacial score (nSPS) is 10.6. The zero-order valence-electron chi connectivity index (χ0n) is 18.2. The van der Waals surface area contributed by atoms with Crippen LogP contribution in [0.2, 0.25) is 0 Å². The lowest BCUT2D eigenvalue weighted by Gasteiger charge is -1.99. The summed E-state index contributed by atoms with van der Waals surface area (Å²) in [5.74, 6) is 0. The van der Waals surface area contributed by atoms with Crippen LogP contribution < -0.4 is 5.43 Å². The Morgan fingerprint density at radius 3 is 1.29 bits per heavy atom. The number of hydrogen-bond donors (Lipinski definition) is 2. The van der Waals surface area contributed by atoms with Gasteiger partial charge < -0.3 is 9.97 Å². The molecule has 0 fully saturated rings. The molecule has 3 heterocycles. The summed E-state index contributed by atoms with van der Waals surface area (Å²) in [5, 5.41) is 1.64. The first-order valence-electron chi connectivity index (χ1n) is 10.6. The first-order valence-corrected chi connectivity index (χ1v) is 13.9. The van der Waals surface area contributed by atoms with Gasteiger partial charge in [0.1, 0.15) is 0 Å². The van der Waals surface area contributed by atoms with Gasteiger partial charge in [-0.15, -0.1) is 34.0 Å². The average Bonchev–Trinajstić information content (AvgIpc) is 3.45. The largest absolute Gasteiger partial charge is 0.337 e. The van der Waals surface area contributed by atoms with Gasteiger partial charge in [-0.2, -0.15) is 0 Å². The van der Waals surface area contributed by atoms with Crippen molar-refractivity contribution in [2.24, 2.45) is 0 Å². The Kier molecular flexibility index (Phi) is 7.26. The predicted molar refractivity (Wildman–Crippen MR) is 160 cm³/mol. The number of nitrogens with one attached hydrogen (secondary N) is 2. The zero-order valence-corrected chi connectivity index (χ0v) is 22.3. The van der Waals surface area contributed by atoms with Crippen LogP contribution in [-0.2, 0) is 0 Å². The minimum atomic E-state index is 0.139. The van der Waals surface area contributed by atoms with Crippen LogP contribution in [0, 0.1) is 7.91 Å². The van der Waals surface area contributed by atoms with Crippen LogP contribution in [0.3, 0.4) is 0 Å². The van der Waals surface area contributed by atoms with Crippen molar-refractivity contribution in [3.05, 3.63) is 115 Å². The third kappa shape index (κ3) is 5.47. The molecule has 35 heavy (non-hydrogen) atoms. The number of H-pyrrole nitrogens is 2. The zero-order chi connectivity index (χ0) is 24.2. The van der Waals surface area contributed by atoms with E-state index in [1.807, 2.05) is 84.9 Å². The molecule has 0 radical (unpaired) electrons. The number of aromatic amines is 2. The van der Waals surface area contributed by atoms with Gasteiger partial charge in [0.25, 0.3) is 0 Å². The van der Waals surface area contributed by atoms with Crippen LogP contribution in [0.1, 0.15) is 0 Å². The summed E-state index contributed by atoms with van der Waals surface area (Å²) in [6.45, 7) is 0. The van der Waals surface area contributed by atoms with Crippen LogP contribution in [0.5, 0.6) is 0 Å². The third-order valence-electron chi connectivity index (χ3n) is 5.14. The van der Waals surface area contributed by atoms with E-state index in [1.54, 1.807) is 34.0 Å². The van der Waals surface area contributed by atoms with Crippen molar-refractivity contribution in [3.8, 4) is 0 Å². The van der Waals surface area contributed by atoms with Crippen LogP contribution in [0.15, 0.2) is 102 Å². The highest BCUT2D eigenvalue weighted by Gasteiger charge is 2.03. The van der Waals surface area contributed by atoms with Crippen molar-refractivity contribution < 1.29 is 0 Å². The topological polar surface area (TPSA) is 48.6 Å². The predicted octanol–water partition coefficient (Wildman–Crippen LogP) is 9.33. The molecule has 0 spiro atoms. The van der Waals surface area contributed by atoms with Crippen molar-refractivity contribution in [2.45, 2.75) is 0 Å². The number of rotatable bonds is 0. The fraction of sp³-hybridized carbons (Fsp3) is 0. The molecule has 0 atom stereocenters. The van der Waals surface area contributed by atoms with Gasteiger partial charge in [-0.3, -0.25) is 4.79 Å². The summed E-state index contributed by atoms with van der Waals surface area (Å²) in [4.78, 5) is 18.3. The lowest BCUT2D eigenvalue weighted by Crippen LogP contribution is -1.99. The standard InChI is InChI=1S/C13H8OS.2C7H5NS2/c14-13-9-5-1-3-7-11(9)15-12-8-4-2-6-10(12)13;2*9-7-8-5-3-1-2-4-6(5)10-7/h1-8H;2*1-4H,(H,8,9). The maximum atomic E-state index is 12.1. The molecular formula is C27H18N2OS5. The van der Waals surface area contributed by atoms with E-state index in [1.165, 1.54) is 9.40 Å². The Hall–Kier alpha value is -3.01. The summed E-state index contributed by atoms with van der Waals surface area (Å²) >= 11 is 14.8. The smallest absolute Gasteiger partial charge is 0.195 e. The van der Waals surface area contributed by atoms with Gasteiger partial charge in [0.15, 0.2) is 13.3 Å². The second-order valence-electron chi connectivity index (χ2n) is 7.44. The fourth-order valence-corrected chi connectivity index (χ4v) is 6.84. The Labute approximate surface area is 223 Å². The summed E-state index contributed by atoms with van der Waals surface area (Å²) < 4.78 is 6.27. The third-order valence-corrected chi connectivity index (χ3v) is 8.72. The van der Waals surface area contributed by atoms with Gasteiger partial charge in [-0.1, -0.05) is 48.5 Å². The molecule has 0 unspecified atom stereocenters. The van der Waals surface area contributed by atoms with Crippen LogP contribution in [0.25, 0.3) is 40.6 Å². The number of thiazole rings is 2. The Morgan fingerprint density at radius 1 is 0.486 bits per heavy atom. The highest BCUT2D eigenvalue weighted by atomic mass is 32.2. The van der Waals surface area contributed by atoms with E-state index in [0.29, 0.717) is 0 Å². The number of fused-ring (bicyclic) bond motifs is 4. The second kappa shape index (κ2) is 10.7. The van der Waals surface area contributed by atoms with Crippen LogP contribution >= 0.6 is 58.4 Å². The molecule has 0 amide bonds. The van der Waals surface area contributed by atoms with E-state index < -0.39 is 0 Å². The van der Waals surface area contributed by atoms with Crippen molar-refractivity contribution in [1.82, 2.24) is 9.97 Å². The highest BCUT2D eigenvalue weighted by Crippen LogP contribution is 2.23. The molecule has 8 heteroatoms. The number of para-hydroxylation sites is 2. The molecule has 3 aromatic heterocycles. The minimum Gasteiger partial charge on any atom is -0.337 e. The van der Waals surface area contributed by atoms with Gasteiger partial charge in [0.2, 0.25) is 0 Å². The van der Waals surface area contributed by atoms with Gasteiger partial charge in [0.05, 0.1) is 20.4 Å². The van der Waals surface area contributed by atoms with Gasteiger partial charge >= 0.3 is 0 Å². The first kappa shape index (κ1) is 23.7. The Bertz CT molecular complexity index is 1730. The van der Waals surface area contributed by atoms with Crippen molar-refractivity contribution in [3.63, 3.8) is 0 Å². The maximum Gasteiger partial charge on any atom is 0.195 e. The van der Waals surface area contributed by atoms with E-state index in [-0.39, 0.29) is 5.43 Å². The van der Waals surface area contributed by atoms with Crippen molar-refractivity contribution in [1.29, 1.82) is 0 Å². The summed E-state index contributed by atoms with van der Waals surface area (Å²) in [6.07, 6.45) is 0. The van der Waals surface area contributed by atoms with E-state index >= 15 is 0 Å². The molecule has 0 saturated carbocycles. The van der Waals surface area contributed by atoms with Gasteiger partial charge in [-0.25, -0.2) is 0 Å². The second-order valence-corrected chi connectivity index (χ2v) is 12.0. The van der Waals surface area contributed by atoms with Crippen LogP contribution in [-0.4, -0.2) is 9.97 Å². The van der Waals surface area contributed by atoms with Crippen LogP contribution in [0.4, 0.5) is 0 Å². The molecule has 0 saturated heterocycles. The summed E-state index contributed by atoms with van der Waals surface area (Å²) in [6, 6.07) is 31.7. The molecule has 0 aliphatic heterocycles. The minimum absolute atomic E-state index is 0.139. The summed E-state index contributed by atoms with van der Waals surface area (Å²) in [5.41, 5.74) is 2.41. The molecule has 2 N–H and O–H groups in total. The Balaban J connectivity index is 0.000000112. The number of aromatic nitrogens is 2. The molecule has 7 rings (SSSR count). The molecule has 4 aromatic carbocycles. The number of benzene rings is 4. The van der Waals surface area contributed by atoms with E-state index in [4.69, 9.17) is 24.4 Å². The quantitative estimate of drug-likeness (QED) is 0.147. The molecular weight excluding hydrogens is 529 g/mol. The monoisotopic (exact) mass is 546 g/mol. The SMILES string of the molecule is O=c1c2ccccc2sc2ccccc12.S=c1[nH]c2ccccc2s1.S=c1[nH]c2ccccc2s1. The molecule has 3 nitrogen and oxygen atoms in total. The fourth-order valence-electron chi connectivity index (χ4n) is 3.54. The van der Waals surface area contributed by atoms with Crippen molar-refractivity contribution in [2.75, 3.05) is 0 Å². The summed E-state index contributed by atoms with van der Waals surface area (Å²) in [7, 11) is 0. The molecule has 0 bridgehead atoms. The van der Waals surface area contributed by atoms with E-state index in [9.17, 15) is 4.79 Å². The van der Waals surface area contributed by atoms with Gasteiger partial charge in [0, 0.05) is 20.2 Å². The van der Waals surface area contributed by atoms with Gasteiger partial charge in [-0.05, 0) is 73.0 Å². The number of hydrogen-bond acceptors (Lipinski definition) is 6. The average molecular weight is 547 g/mol. The maximum absolute atomic E-state index is 12.1. The first-order chi connectivity index (χ1) is 17.1. The molecule has 7 aromatic rings. The molecule has 172 valence electrons. The Morgan fingerprint density at radius 2 is 0.857 bits per heavy atom.